The number of hydrogen-bond donors (Lipinski definition) is 1. The molecule has 2 aliphatic heterocycles. The van der Waals surface area contributed by atoms with Crippen molar-refractivity contribution < 1.29 is 14.3 Å². The van der Waals surface area contributed by atoms with Crippen molar-refractivity contribution in [3.63, 3.8) is 0 Å². The van der Waals surface area contributed by atoms with Crippen LogP contribution in [0.15, 0.2) is 12.1 Å². The number of ether oxygens (including phenoxy) is 2. The zero-order valence-electron chi connectivity index (χ0n) is 8.91. The highest BCUT2D eigenvalue weighted by molar-refractivity contribution is 5.96. The van der Waals surface area contributed by atoms with Crippen molar-refractivity contribution in [1.82, 2.24) is 5.32 Å². The number of carbonyl (C=O) groups excluding carboxylic acids is 1. The van der Waals surface area contributed by atoms with Crippen LogP contribution >= 0.6 is 0 Å². The molecule has 84 valence electrons. The maximum Gasteiger partial charge on any atom is 0.251 e. The second-order valence-corrected chi connectivity index (χ2v) is 4.01. The Labute approximate surface area is 93.5 Å². The lowest BCUT2D eigenvalue weighted by atomic mass is 10.0. The highest BCUT2D eigenvalue weighted by Gasteiger charge is 2.21. The molecule has 4 heteroatoms. The number of nitrogens with one attached hydrogen (secondary N) is 1. The fraction of sp³-hybridized carbons (Fsp3) is 0.417. The van der Waals surface area contributed by atoms with Crippen LogP contribution < -0.4 is 14.8 Å². The van der Waals surface area contributed by atoms with Crippen molar-refractivity contribution in [3.05, 3.63) is 23.3 Å². The molecule has 3 rings (SSSR count). The van der Waals surface area contributed by atoms with E-state index in [4.69, 9.17) is 9.47 Å². The Hall–Kier alpha value is -1.71. The van der Waals surface area contributed by atoms with Gasteiger partial charge in [0.15, 0.2) is 11.5 Å². The zero-order valence-corrected chi connectivity index (χ0v) is 8.91. The van der Waals surface area contributed by atoms with Crippen molar-refractivity contribution in [3.8, 4) is 11.5 Å². The molecular formula is C12H13NO3. The van der Waals surface area contributed by atoms with Crippen LogP contribution in [-0.2, 0) is 6.42 Å². The second-order valence-electron chi connectivity index (χ2n) is 4.01. The van der Waals surface area contributed by atoms with Crippen LogP contribution in [0, 0.1) is 0 Å². The minimum absolute atomic E-state index is 0.00975. The van der Waals surface area contributed by atoms with Crippen LogP contribution in [0.3, 0.4) is 0 Å². The molecule has 16 heavy (non-hydrogen) atoms. The van der Waals surface area contributed by atoms with Crippen LogP contribution in [0.4, 0.5) is 0 Å². The predicted molar refractivity (Wildman–Crippen MR) is 58.1 cm³/mol. The topological polar surface area (TPSA) is 47.6 Å². The van der Waals surface area contributed by atoms with Gasteiger partial charge in [0.25, 0.3) is 5.91 Å². The van der Waals surface area contributed by atoms with Gasteiger partial charge in [-0.2, -0.15) is 0 Å². The largest absolute Gasteiger partial charge is 0.486 e. The molecule has 0 saturated heterocycles. The average Bonchev–Trinajstić information content (AvgIpc) is 2.49. The van der Waals surface area contributed by atoms with Gasteiger partial charge in [-0.15, -0.1) is 0 Å². The summed E-state index contributed by atoms with van der Waals surface area (Å²) in [5.74, 6) is 1.44. The van der Waals surface area contributed by atoms with Gasteiger partial charge in [0, 0.05) is 12.1 Å². The van der Waals surface area contributed by atoms with Crippen LogP contribution in [0.5, 0.6) is 11.5 Å². The van der Waals surface area contributed by atoms with E-state index in [0.29, 0.717) is 19.0 Å². The Balaban J connectivity index is 2.10. The van der Waals surface area contributed by atoms with Gasteiger partial charge in [-0.3, -0.25) is 4.79 Å². The first-order valence-corrected chi connectivity index (χ1v) is 5.55. The summed E-state index contributed by atoms with van der Waals surface area (Å²) in [6.07, 6.45) is 1.88. The monoisotopic (exact) mass is 219 g/mol. The first kappa shape index (κ1) is 9.51. The van der Waals surface area contributed by atoms with Crippen molar-refractivity contribution in [2.24, 2.45) is 0 Å². The first-order chi connectivity index (χ1) is 7.84. The lowest BCUT2D eigenvalue weighted by molar-refractivity contribution is 0.0955. The summed E-state index contributed by atoms with van der Waals surface area (Å²) in [4.78, 5) is 11.8. The molecule has 1 N–H and O–H groups in total. The van der Waals surface area contributed by atoms with Crippen LogP contribution in [0.25, 0.3) is 0 Å². The SMILES string of the molecule is O=C1NCCCc2cc3c(cc21)OCCO3. The van der Waals surface area contributed by atoms with E-state index in [2.05, 4.69) is 5.32 Å². The minimum atomic E-state index is -0.00975. The molecule has 4 nitrogen and oxygen atoms in total. The molecule has 0 aromatic heterocycles. The van der Waals surface area contributed by atoms with Gasteiger partial charge in [0.05, 0.1) is 0 Å². The molecule has 0 bridgehead atoms. The number of benzene rings is 1. The molecule has 0 radical (unpaired) electrons. The number of aryl methyl sites for hydroxylation is 1. The third-order valence-corrected chi connectivity index (χ3v) is 2.92. The third-order valence-electron chi connectivity index (χ3n) is 2.92. The summed E-state index contributed by atoms with van der Waals surface area (Å²) in [7, 11) is 0. The molecule has 0 fully saturated rings. The van der Waals surface area contributed by atoms with Crippen molar-refractivity contribution >= 4 is 5.91 Å². The first-order valence-electron chi connectivity index (χ1n) is 5.55. The van der Waals surface area contributed by atoms with Crippen molar-refractivity contribution in [2.45, 2.75) is 12.8 Å². The normalized spacial score (nSPS) is 18.4. The molecule has 2 heterocycles. The van der Waals surface area contributed by atoms with Crippen LogP contribution in [0.2, 0.25) is 0 Å². The van der Waals surface area contributed by atoms with Gasteiger partial charge in [-0.05, 0) is 30.5 Å². The minimum Gasteiger partial charge on any atom is -0.486 e. The standard InChI is InChI=1S/C12H13NO3/c14-12-9-7-11-10(15-4-5-16-11)6-8(9)2-1-3-13-12/h6-7H,1-5H2,(H,13,14). The highest BCUT2D eigenvalue weighted by Crippen LogP contribution is 2.34. The molecule has 1 aromatic carbocycles. The maximum absolute atomic E-state index is 11.8. The van der Waals surface area contributed by atoms with E-state index in [-0.39, 0.29) is 5.91 Å². The van der Waals surface area contributed by atoms with Crippen LogP contribution in [0.1, 0.15) is 22.3 Å². The summed E-state index contributed by atoms with van der Waals surface area (Å²) in [6, 6.07) is 3.74. The summed E-state index contributed by atoms with van der Waals surface area (Å²) in [5.41, 5.74) is 1.78. The van der Waals surface area contributed by atoms with Crippen molar-refractivity contribution in [1.29, 1.82) is 0 Å². The summed E-state index contributed by atoms with van der Waals surface area (Å²) in [5, 5.41) is 2.87. The van der Waals surface area contributed by atoms with E-state index < -0.39 is 0 Å². The molecule has 0 atom stereocenters. The summed E-state index contributed by atoms with van der Waals surface area (Å²) in [6.45, 7) is 1.87. The quantitative estimate of drug-likeness (QED) is 0.711. The third kappa shape index (κ3) is 1.50. The van der Waals surface area contributed by atoms with E-state index in [1.54, 1.807) is 6.07 Å². The van der Waals surface area contributed by atoms with Gasteiger partial charge in [-0.1, -0.05) is 0 Å². The number of fused-ring (bicyclic) bond motifs is 2. The van der Waals surface area contributed by atoms with E-state index >= 15 is 0 Å². The highest BCUT2D eigenvalue weighted by atomic mass is 16.6. The molecule has 1 amide bonds. The van der Waals surface area contributed by atoms with E-state index in [1.165, 1.54) is 0 Å². The Morgan fingerprint density at radius 1 is 1.12 bits per heavy atom. The van der Waals surface area contributed by atoms with E-state index in [0.717, 1.165) is 36.3 Å². The van der Waals surface area contributed by atoms with Crippen LogP contribution in [-0.4, -0.2) is 25.7 Å². The number of amides is 1. The Bertz CT molecular complexity index is 442. The summed E-state index contributed by atoms with van der Waals surface area (Å²) < 4.78 is 11.0. The maximum atomic E-state index is 11.8. The zero-order chi connectivity index (χ0) is 11.0. The molecule has 0 unspecified atom stereocenters. The Morgan fingerprint density at radius 2 is 1.88 bits per heavy atom. The van der Waals surface area contributed by atoms with Gasteiger partial charge in [0.1, 0.15) is 13.2 Å². The second kappa shape index (κ2) is 3.70. The fourth-order valence-corrected chi connectivity index (χ4v) is 2.13. The Kier molecular flexibility index (Phi) is 2.20. The lowest BCUT2D eigenvalue weighted by Crippen LogP contribution is -2.23. The van der Waals surface area contributed by atoms with Gasteiger partial charge in [0.2, 0.25) is 0 Å². The molecule has 0 spiro atoms. The Morgan fingerprint density at radius 3 is 2.69 bits per heavy atom. The summed E-state index contributed by atoms with van der Waals surface area (Å²) >= 11 is 0. The molecule has 1 aromatic rings. The van der Waals surface area contributed by atoms with E-state index in [1.807, 2.05) is 6.07 Å². The number of carbonyl (C=O) groups is 1. The molecule has 0 aliphatic carbocycles. The fourth-order valence-electron chi connectivity index (χ4n) is 2.13. The van der Waals surface area contributed by atoms with Gasteiger partial charge >= 0.3 is 0 Å². The molecule has 0 saturated carbocycles. The number of hydrogen-bond acceptors (Lipinski definition) is 3. The molecular weight excluding hydrogens is 206 g/mol. The van der Waals surface area contributed by atoms with Gasteiger partial charge < -0.3 is 14.8 Å². The smallest absolute Gasteiger partial charge is 0.251 e. The van der Waals surface area contributed by atoms with E-state index in [9.17, 15) is 4.79 Å². The van der Waals surface area contributed by atoms with Gasteiger partial charge in [-0.25, -0.2) is 0 Å². The lowest BCUT2D eigenvalue weighted by Gasteiger charge is -2.20. The molecule has 2 aliphatic rings. The van der Waals surface area contributed by atoms with Crippen molar-refractivity contribution in [2.75, 3.05) is 19.8 Å². The average molecular weight is 219 g/mol. The predicted octanol–water partition coefficient (Wildman–Crippen LogP) is 1.13. The number of rotatable bonds is 0.